The molecule has 3 N–H and O–H groups in total. The van der Waals surface area contributed by atoms with Crippen molar-refractivity contribution in [3.8, 4) is 0 Å². The van der Waals surface area contributed by atoms with Crippen molar-refractivity contribution in [2.75, 3.05) is 0 Å². The van der Waals surface area contributed by atoms with Crippen molar-refractivity contribution in [3.63, 3.8) is 0 Å². The van der Waals surface area contributed by atoms with E-state index in [2.05, 4.69) is 12.2 Å². The summed E-state index contributed by atoms with van der Waals surface area (Å²) in [5.74, 6) is -0.360. The molecule has 2 atom stereocenters. The minimum absolute atomic E-state index is 0.0416. The molecule has 1 heterocycles. The molecule has 1 aromatic heterocycles. The van der Waals surface area contributed by atoms with Crippen LogP contribution in [-0.4, -0.2) is 18.0 Å². The van der Waals surface area contributed by atoms with Gasteiger partial charge in [0.2, 0.25) is 6.10 Å². The van der Waals surface area contributed by atoms with Crippen LogP contribution in [0.1, 0.15) is 51.2 Å². The molecule has 0 aliphatic rings. The first-order valence-corrected chi connectivity index (χ1v) is 9.65. The summed E-state index contributed by atoms with van der Waals surface area (Å²) >= 11 is 7.54. The third kappa shape index (κ3) is 5.09. The smallest absolute Gasteiger partial charge is 0.405 e. The van der Waals surface area contributed by atoms with E-state index in [9.17, 15) is 9.59 Å². The summed E-state index contributed by atoms with van der Waals surface area (Å²) in [6.45, 7) is 4.12. The number of thiophene rings is 1. The zero-order chi connectivity index (χ0) is 18.4. The molecule has 5 nitrogen and oxygen atoms in total. The Bertz CT molecular complexity index is 747. The number of hydrogen-bond acceptors (Lipinski definition) is 4. The molecule has 0 spiro atoms. The zero-order valence-corrected chi connectivity index (χ0v) is 16.0. The van der Waals surface area contributed by atoms with Gasteiger partial charge in [0.15, 0.2) is 0 Å². The van der Waals surface area contributed by atoms with Crippen molar-refractivity contribution in [2.24, 2.45) is 5.73 Å². The number of carbonyl (C=O) groups is 2. The Hall–Kier alpha value is -1.79. The Morgan fingerprint density at radius 1 is 1.36 bits per heavy atom. The van der Waals surface area contributed by atoms with Crippen LogP contribution in [-0.2, 0) is 9.53 Å². The highest BCUT2D eigenvalue weighted by Crippen LogP contribution is 2.34. The Balaban J connectivity index is 2.29. The van der Waals surface area contributed by atoms with Crippen LogP contribution in [0.25, 0.3) is 10.1 Å². The van der Waals surface area contributed by atoms with E-state index in [0.29, 0.717) is 10.6 Å². The molecule has 1 aromatic carbocycles. The van der Waals surface area contributed by atoms with Crippen molar-refractivity contribution in [2.45, 2.75) is 51.7 Å². The number of rotatable bonds is 8. The van der Waals surface area contributed by atoms with Crippen LogP contribution < -0.4 is 11.1 Å². The molecule has 2 unspecified atom stereocenters. The lowest BCUT2D eigenvalue weighted by molar-refractivity contribution is -0.130. The number of fused-ring (bicyclic) bond motifs is 1. The van der Waals surface area contributed by atoms with Crippen molar-refractivity contribution in [3.05, 3.63) is 34.2 Å². The second-order valence-corrected chi connectivity index (χ2v) is 7.25. The van der Waals surface area contributed by atoms with E-state index in [-0.39, 0.29) is 11.9 Å². The number of unbranched alkanes of at least 4 members (excludes halogenated alkanes) is 1. The summed E-state index contributed by atoms with van der Waals surface area (Å²) in [6.07, 6.45) is 1.71. The van der Waals surface area contributed by atoms with Crippen LogP contribution >= 0.6 is 22.9 Å². The Morgan fingerprint density at radius 3 is 2.76 bits per heavy atom. The van der Waals surface area contributed by atoms with E-state index in [0.717, 1.165) is 35.8 Å². The Labute approximate surface area is 156 Å². The van der Waals surface area contributed by atoms with Crippen molar-refractivity contribution < 1.29 is 14.3 Å². The largest absolute Gasteiger partial charge is 0.431 e. The van der Waals surface area contributed by atoms with Gasteiger partial charge in [0.05, 0.1) is 0 Å². The summed E-state index contributed by atoms with van der Waals surface area (Å²) in [5, 5.41) is 6.13. The minimum atomic E-state index is -1.08. The third-order valence-electron chi connectivity index (χ3n) is 4.07. The molecule has 25 heavy (non-hydrogen) atoms. The number of halogens is 1. The first-order chi connectivity index (χ1) is 12.0. The van der Waals surface area contributed by atoms with Crippen LogP contribution in [0.3, 0.4) is 0 Å². The molecule has 7 heteroatoms. The first kappa shape index (κ1) is 19.5. The molecule has 2 rings (SSSR count). The lowest BCUT2D eigenvalue weighted by Crippen LogP contribution is -2.39. The predicted octanol–water partition coefficient (Wildman–Crippen LogP) is 4.78. The molecule has 0 bridgehead atoms. The van der Waals surface area contributed by atoms with E-state index >= 15 is 0 Å². The number of nitrogens with two attached hydrogens (primary N) is 1. The predicted molar refractivity (Wildman–Crippen MR) is 102 cm³/mol. The van der Waals surface area contributed by atoms with Gasteiger partial charge in [-0.3, -0.25) is 4.79 Å². The number of ether oxygens (including phenoxy) is 1. The summed E-state index contributed by atoms with van der Waals surface area (Å²) in [7, 11) is 0. The van der Waals surface area contributed by atoms with Crippen LogP contribution in [0.2, 0.25) is 5.02 Å². The quantitative estimate of drug-likeness (QED) is 0.689. The van der Waals surface area contributed by atoms with Gasteiger partial charge in [0.25, 0.3) is 5.91 Å². The highest BCUT2D eigenvalue weighted by molar-refractivity contribution is 7.17. The normalized spacial score (nSPS) is 13.4. The summed E-state index contributed by atoms with van der Waals surface area (Å²) in [5.41, 5.74) is 5.79. The maximum Gasteiger partial charge on any atom is 0.405 e. The van der Waals surface area contributed by atoms with Gasteiger partial charge in [-0.25, -0.2) is 4.79 Å². The minimum Gasteiger partial charge on any atom is -0.431 e. The maximum absolute atomic E-state index is 12.8. The van der Waals surface area contributed by atoms with Crippen molar-refractivity contribution >= 4 is 45.0 Å². The van der Waals surface area contributed by atoms with Crippen LogP contribution in [0.5, 0.6) is 0 Å². The fraction of sp³-hybridized carbons (Fsp3) is 0.444. The fourth-order valence-corrected chi connectivity index (χ4v) is 3.83. The molecule has 0 fully saturated rings. The molecule has 0 aliphatic heterocycles. The van der Waals surface area contributed by atoms with Crippen LogP contribution in [0.4, 0.5) is 4.79 Å². The monoisotopic (exact) mass is 382 g/mol. The van der Waals surface area contributed by atoms with E-state index < -0.39 is 12.2 Å². The number of hydrogen-bond donors (Lipinski definition) is 2. The molecule has 0 aliphatic carbocycles. The first-order valence-electron chi connectivity index (χ1n) is 8.39. The number of carbonyl (C=O) groups excluding carboxylic acids is 2. The molecule has 0 saturated heterocycles. The third-order valence-corrected chi connectivity index (χ3v) is 5.28. The fourth-order valence-electron chi connectivity index (χ4n) is 2.70. The standard InChI is InChI=1S/C18H23ClN2O3S/c1-3-5-6-12(4-2)21-17(22)16(24-18(20)23)14-10-25-15-8-7-11(19)9-13(14)15/h7-10,12,16H,3-6H2,1-2H3,(H2,20,23)(H,21,22). The van der Waals surface area contributed by atoms with Crippen LogP contribution in [0.15, 0.2) is 23.6 Å². The lowest BCUT2D eigenvalue weighted by Gasteiger charge is -2.21. The Morgan fingerprint density at radius 2 is 2.12 bits per heavy atom. The molecule has 0 saturated carbocycles. The second kappa shape index (κ2) is 9.06. The summed E-state index contributed by atoms with van der Waals surface area (Å²) in [4.78, 5) is 24.1. The van der Waals surface area contributed by atoms with Gasteiger partial charge in [-0.15, -0.1) is 11.3 Å². The average molecular weight is 383 g/mol. The number of amides is 2. The van der Waals surface area contributed by atoms with Gasteiger partial charge in [-0.2, -0.15) is 0 Å². The summed E-state index contributed by atoms with van der Waals surface area (Å²) in [6, 6.07) is 5.47. The van der Waals surface area contributed by atoms with Gasteiger partial charge in [-0.1, -0.05) is 38.3 Å². The lowest BCUT2D eigenvalue weighted by atomic mass is 10.0. The zero-order valence-electron chi connectivity index (χ0n) is 14.4. The number of nitrogens with one attached hydrogen (secondary N) is 1. The molecule has 2 amide bonds. The van der Waals surface area contributed by atoms with E-state index in [1.165, 1.54) is 11.3 Å². The number of benzene rings is 1. The molecular weight excluding hydrogens is 360 g/mol. The highest BCUT2D eigenvalue weighted by Gasteiger charge is 2.28. The number of primary amides is 1. The van der Waals surface area contributed by atoms with E-state index in [4.69, 9.17) is 22.1 Å². The van der Waals surface area contributed by atoms with Gasteiger partial charge in [0, 0.05) is 26.7 Å². The molecule has 0 radical (unpaired) electrons. The van der Waals surface area contributed by atoms with Crippen molar-refractivity contribution in [1.82, 2.24) is 5.32 Å². The van der Waals surface area contributed by atoms with E-state index in [1.54, 1.807) is 17.5 Å². The maximum atomic E-state index is 12.8. The summed E-state index contributed by atoms with van der Waals surface area (Å²) < 4.78 is 6.11. The topological polar surface area (TPSA) is 81.4 Å². The van der Waals surface area contributed by atoms with Gasteiger partial charge >= 0.3 is 6.09 Å². The Kier molecular flexibility index (Phi) is 7.08. The van der Waals surface area contributed by atoms with E-state index in [1.807, 2.05) is 13.0 Å². The van der Waals surface area contributed by atoms with Gasteiger partial charge < -0.3 is 15.8 Å². The molecule has 136 valence electrons. The van der Waals surface area contributed by atoms with Gasteiger partial charge in [0.1, 0.15) is 0 Å². The van der Waals surface area contributed by atoms with Crippen LogP contribution in [0, 0.1) is 0 Å². The molecular formula is C18H23ClN2O3S. The van der Waals surface area contributed by atoms with Crippen molar-refractivity contribution in [1.29, 1.82) is 0 Å². The highest BCUT2D eigenvalue weighted by atomic mass is 35.5. The second-order valence-electron chi connectivity index (χ2n) is 5.90. The van der Waals surface area contributed by atoms with Gasteiger partial charge in [-0.05, 0) is 36.4 Å². The molecule has 2 aromatic rings. The SMILES string of the molecule is CCCCC(CC)NC(=O)C(OC(N)=O)c1csc2ccc(Cl)cc12. The average Bonchev–Trinajstić information content (AvgIpc) is 2.98.